The molecular formula is C9H6ClNO3S. The molecule has 78 valence electrons. The summed E-state index contributed by atoms with van der Waals surface area (Å²) in [5.41, 5.74) is 0.626. The Morgan fingerprint density at radius 1 is 1.40 bits per heavy atom. The van der Waals surface area contributed by atoms with Crippen molar-refractivity contribution in [3.05, 3.63) is 34.6 Å². The van der Waals surface area contributed by atoms with Crippen LogP contribution in [0.5, 0.6) is 0 Å². The Morgan fingerprint density at radius 2 is 2.13 bits per heavy atom. The van der Waals surface area contributed by atoms with Gasteiger partial charge in [-0.3, -0.25) is 0 Å². The van der Waals surface area contributed by atoms with E-state index >= 15 is 0 Å². The van der Waals surface area contributed by atoms with Crippen LogP contribution in [0.3, 0.4) is 0 Å². The van der Waals surface area contributed by atoms with Gasteiger partial charge in [0.1, 0.15) is 16.6 Å². The third-order valence-electron chi connectivity index (χ3n) is 2.09. The molecular weight excluding hydrogens is 238 g/mol. The summed E-state index contributed by atoms with van der Waals surface area (Å²) < 4.78 is 21.8. The van der Waals surface area contributed by atoms with Crippen LogP contribution in [-0.2, 0) is 10.3 Å². The van der Waals surface area contributed by atoms with Crippen LogP contribution in [0, 0.1) is 0 Å². The summed E-state index contributed by atoms with van der Waals surface area (Å²) in [6.45, 7) is 0. The van der Waals surface area contributed by atoms with Gasteiger partial charge in [-0.05, 0) is 18.2 Å². The van der Waals surface area contributed by atoms with Crippen molar-refractivity contribution >= 4 is 32.5 Å². The van der Waals surface area contributed by atoms with Gasteiger partial charge in [0.15, 0.2) is 0 Å². The molecule has 0 saturated heterocycles. The van der Waals surface area contributed by atoms with Crippen LogP contribution in [0.15, 0.2) is 18.2 Å². The van der Waals surface area contributed by atoms with Crippen molar-refractivity contribution in [3.8, 4) is 0 Å². The predicted molar refractivity (Wildman–Crippen MR) is 57.5 cm³/mol. The van der Waals surface area contributed by atoms with Crippen molar-refractivity contribution in [2.75, 3.05) is 0 Å². The number of halogens is 1. The fourth-order valence-corrected chi connectivity index (χ4v) is 2.12. The molecule has 0 aliphatic heterocycles. The van der Waals surface area contributed by atoms with E-state index in [2.05, 4.69) is 4.98 Å². The number of aliphatic hydroxyl groups is 1. The summed E-state index contributed by atoms with van der Waals surface area (Å²) in [6, 6.07) is 3.03. The molecule has 1 aliphatic carbocycles. The molecule has 0 unspecified atom stereocenters. The van der Waals surface area contributed by atoms with Crippen LogP contribution in [-0.4, -0.2) is 23.4 Å². The minimum Gasteiger partial charge on any atom is -0.506 e. The normalized spacial score (nSPS) is 14.5. The molecule has 1 N–H and O–H groups in total. The highest BCUT2D eigenvalue weighted by Crippen LogP contribution is 2.24. The van der Waals surface area contributed by atoms with Crippen molar-refractivity contribution in [2.45, 2.75) is 6.42 Å². The lowest BCUT2D eigenvalue weighted by Gasteiger charge is -2.12. The Hall–Kier alpha value is -1.33. The minimum absolute atomic E-state index is 0.0401. The number of pyridine rings is 1. The average Bonchev–Trinajstić information content (AvgIpc) is 2.19. The maximum absolute atomic E-state index is 10.9. The lowest BCUT2D eigenvalue weighted by Crippen LogP contribution is -2.11. The van der Waals surface area contributed by atoms with Crippen LogP contribution in [0.1, 0.15) is 17.7 Å². The zero-order chi connectivity index (χ0) is 11.0. The van der Waals surface area contributed by atoms with E-state index < -0.39 is 10.3 Å². The van der Waals surface area contributed by atoms with E-state index in [1.165, 1.54) is 12.1 Å². The van der Waals surface area contributed by atoms with E-state index in [9.17, 15) is 13.5 Å². The van der Waals surface area contributed by atoms with Gasteiger partial charge < -0.3 is 5.11 Å². The van der Waals surface area contributed by atoms with Gasteiger partial charge in [-0.15, -0.1) is 0 Å². The molecule has 0 radical (unpaired) electrons. The fourth-order valence-electron chi connectivity index (χ4n) is 1.41. The lowest BCUT2D eigenvalue weighted by molar-refractivity contribution is 0.506. The number of aliphatic hydroxyl groups excluding tert-OH is 1. The average molecular weight is 244 g/mol. The number of rotatable bonds is 0. The number of fused-ring (bicyclic) bond motifs is 1. The first-order chi connectivity index (χ1) is 7.09. The molecule has 0 bridgehead atoms. The van der Waals surface area contributed by atoms with Crippen molar-refractivity contribution in [2.24, 2.45) is 0 Å². The Kier molecular flexibility index (Phi) is 2.50. The molecule has 0 aromatic carbocycles. The summed E-state index contributed by atoms with van der Waals surface area (Å²) in [5, 5.41) is 9.73. The number of allylic oxidation sites excluding steroid dienone is 1. The second-order valence-electron chi connectivity index (χ2n) is 2.98. The molecule has 4 nitrogen and oxygen atoms in total. The maximum Gasteiger partial charge on any atom is 0.218 e. The first kappa shape index (κ1) is 10.2. The number of nitrogens with zero attached hydrogens (tertiary/aromatic N) is 1. The minimum atomic E-state index is -2.31. The second-order valence-corrected chi connectivity index (χ2v) is 4.33. The van der Waals surface area contributed by atoms with Crippen LogP contribution in [0.4, 0.5) is 0 Å². The Balaban J connectivity index is 2.79. The summed E-state index contributed by atoms with van der Waals surface area (Å²) >= 11 is 5.66. The summed E-state index contributed by atoms with van der Waals surface area (Å²) in [4.78, 5) is 4.10. The van der Waals surface area contributed by atoms with Crippen LogP contribution in [0.25, 0.3) is 5.76 Å². The second kappa shape index (κ2) is 3.67. The standard InChI is InChI=1S/C9H6ClNO3S/c10-8-4-1-5-7(15(13)14)3-2-6(12)9(5)11-8/h1-2,4,12H,3H2. The first-order valence-corrected chi connectivity index (χ1v) is 5.56. The fraction of sp³-hybridized carbons (Fsp3) is 0.111. The van der Waals surface area contributed by atoms with Crippen molar-refractivity contribution in [3.63, 3.8) is 0 Å². The summed E-state index contributed by atoms with van der Waals surface area (Å²) in [7, 11) is -2.31. The van der Waals surface area contributed by atoms with Gasteiger partial charge in [-0.2, -0.15) is 8.42 Å². The molecule has 0 saturated carbocycles. The highest BCUT2D eigenvalue weighted by atomic mass is 35.5. The monoisotopic (exact) mass is 243 g/mol. The largest absolute Gasteiger partial charge is 0.506 e. The van der Waals surface area contributed by atoms with Gasteiger partial charge in [0.25, 0.3) is 0 Å². The smallest absolute Gasteiger partial charge is 0.218 e. The van der Waals surface area contributed by atoms with Gasteiger partial charge in [-0.25, -0.2) is 4.98 Å². The van der Waals surface area contributed by atoms with Crippen molar-refractivity contribution < 1.29 is 13.5 Å². The van der Waals surface area contributed by atoms with Crippen LogP contribution < -0.4 is 0 Å². The number of hydrogen-bond donors (Lipinski definition) is 1. The molecule has 1 aromatic heterocycles. The zero-order valence-corrected chi connectivity index (χ0v) is 9.01. The van der Waals surface area contributed by atoms with E-state index in [4.69, 9.17) is 11.6 Å². The Bertz CT molecular complexity index is 581. The van der Waals surface area contributed by atoms with Gasteiger partial charge in [0.05, 0.1) is 4.86 Å². The van der Waals surface area contributed by atoms with E-state index in [1.54, 1.807) is 6.07 Å². The first-order valence-electron chi connectivity index (χ1n) is 4.11. The summed E-state index contributed by atoms with van der Waals surface area (Å²) in [5.74, 6) is -0.0401. The van der Waals surface area contributed by atoms with Crippen molar-refractivity contribution in [1.82, 2.24) is 4.98 Å². The van der Waals surface area contributed by atoms with E-state index in [0.717, 1.165) is 0 Å². The van der Waals surface area contributed by atoms with Gasteiger partial charge in [0.2, 0.25) is 10.3 Å². The molecule has 1 heterocycles. The molecule has 2 rings (SSSR count). The van der Waals surface area contributed by atoms with Gasteiger partial charge in [-0.1, -0.05) is 11.6 Å². The Labute approximate surface area is 92.4 Å². The zero-order valence-electron chi connectivity index (χ0n) is 7.44. The molecule has 6 heteroatoms. The van der Waals surface area contributed by atoms with E-state index in [0.29, 0.717) is 5.56 Å². The van der Waals surface area contributed by atoms with Gasteiger partial charge >= 0.3 is 0 Å². The van der Waals surface area contributed by atoms with Crippen molar-refractivity contribution in [1.29, 1.82) is 0 Å². The third-order valence-corrected chi connectivity index (χ3v) is 3.09. The maximum atomic E-state index is 10.9. The molecule has 1 aliphatic rings. The molecule has 0 fully saturated rings. The highest BCUT2D eigenvalue weighted by molar-refractivity contribution is 7.73. The topological polar surface area (TPSA) is 67.3 Å². The SMILES string of the molecule is O=S(=O)=C1CC=C(O)c2nc(Cl)ccc21. The molecule has 0 amide bonds. The van der Waals surface area contributed by atoms with Crippen LogP contribution in [0.2, 0.25) is 5.15 Å². The molecule has 1 aromatic rings. The quantitative estimate of drug-likeness (QED) is 0.553. The molecule has 15 heavy (non-hydrogen) atoms. The van der Waals surface area contributed by atoms with Gasteiger partial charge in [0, 0.05) is 12.0 Å². The Morgan fingerprint density at radius 3 is 2.80 bits per heavy atom. The van der Waals surface area contributed by atoms with Crippen LogP contribution >= 0.6 is 11.6 Å². The molecule has 0 atom stereocenters. The highest BCUT2D eigenvalue weighted by Gasteiger charge is 2.19. The predicted octanol–water partition coefficient (Wildman–Crippen LogP) is 1.44. The number of hydrogen-bond acceptors (Lipinski definition) is 4. The van der Waals surface area contributed by atoms with E-state index in [-0.39, 0.29) is 27.9 Å². The lowest BCUT2D eigenvalue weighted by atomic mass is 10.0. The summed E-state index contributed by atoms with van der Waals surface area (Å²) in [6.07, 6.45) is 1.58. The number of aromatic nitrogens is 1. The molecule has 0 spiro atoms. The third kappa shape index (κ3) is 1.75. The van der Waals surface area contributed by atoms with E-state index in [1.807, 2.05) is 0 Å².